The first kappa shape index (κ1) is 7.85. The van der Waals surface area contributed by atoms with Crippen molar-refractivity contribution in [2.45, 2.75) is 20.3 Å². The van der Waals surface area contributed by atoms with Crippen molar-refractivity contribution in [3.63, 3.8) is 0 Å². The van der Waals surface area contributed by atoms with Gasteiger partial charge in [0.15, 0.2) is 0 Å². The van der Waals surface area contributed by atoms with E-state index in [0.717, 1.165) is 16.7 Å². The molecule has 0 radical (unpaired) electrons. The first-order valence-electron chi connectivity index (χ1n) is 3.62. The summed E-state index contributed by atoms with van der Waals surface area (Å²) in [5, 5.41) is 0. The van der Waals surface area contributed by atoms with Gasteiger partial charge in [0.2, 0.25) is 0 Å². The summed E-state index contributed by atoms with van der Waals surface area (Å²) in [6.45, 7) is 3.80. The summed E-state index contributed by atoms with van der Waals surface area (Å²) in [6.07, 6.45) is 2.56. The average Bonchev–Trinajstić information content (AvgIpc) is 1.99. The zero-order valence-electron chi connectivity index (χ0n) is 6.79. The van der Waals surface area contributed by atoms with Gasteiger partial charge in [-0.3, -0.25) is 4.79 Å². The Labute approximate surface area is 65.4 Å². The lowest BCUT2D eigenvalue weighted by Crippen LogP contribution is -2.28. The molecule has 2 N–H and O–H groups in total. The summed E-state index contributed by atoms with van der Waals surface area (Å²) in [5.41, 5.74) is 1.67. The van der Waals surface area contributed by atoms with Crippen LogP contribution >= 0.6 is 0 Å². The Bertz CT molecular complexity index is 288. The number of hydrogen-bond acceptors (Lipinski definition) is 2. The molecule has 3 nitrogen and oxygen atoms in total. The lowest BCUT2D eigenvalue weighted by molar-refractivity contribution is 0.893. The molecule has 0 amide bonds. The van der Waals surface area contributed by atoms with Gasteiger partial charge in [-0.15, -0.1) is 0 Å². The first-order valence-corrected chi connectivity index (χ1v) is 3.62. The van der Waals surface area contributed by atoms with Crippen molar-refractivity contribution in [2.24, 2.45) is 0 Å². The number of hydrogen-bond donors (Lipinski definition) is 1. The van der Waals surface area contributed by atoms with Gasteiger partial charge in [0.1, 0.15) is 0 Å². The highest BCUT2D eigenvalue weighted by molar-refractivity contribution is 5.17. The Morgan fingerprint density at radius 1 is 1.64 bits per heavy atom. The molecule has 0 unspecified atom stereocenters. The standard InChI is InChI=1S/C8H12N2O/c1-3-7-4-6(2)8(11)10(9)5-7/h4-5H,3,9H2,1-2H3. The Kier molecular flexibility index (Phi) is 1.98. The largest absolute Gasteiger partial charge is 0.336 e. The van der Waals surface area contributed by atoms with Gasteiger partial charge in [-0.05, 0) is 25.0 Å². The van der Waals surface area contributed by atoms with Gasteiger partial charge in [0, 0.05) is 11.8 Å². The maximum Gasteiger partial charge on any atom is 0.271 e. The van der Waals surface area contributed by atoms with E-state index in [1.807, 2.05) is 13.0 Å². The average molecular weight is 152 g/mol. The fourth-order valence-electron chi connectivity index (χ4n) is 1.01. The molecule has 0 saturated carbocycles. The molecule has 0 aliphatic heterocycles. The van der Waals surface area contributed by atoms with Crippen molar-refractivity contribution in [1.82, 2.24) is 4.68 Å². The predicted molar refractivity (Wildman–Crippen MR) is 45.0 cm³/mol. The zero-order chi connectivity index (χ0) is 8.43. The number of nitrogens with two attached hydrogens (primary N) is 1. The fourth-order valence-corrected chi connectivity index (χ4v) is 1.01. The molecule has 1 aromatic rings. The molecule has 1 aromatic heterocycles. The van der Waals surface area contributed by atoms with Crippen LogP contribution in [0.25, 0.3) is 0 Å². The quantitative estimate of drug-likeness (QED) is 0.593. The Morgan fingerprint density at radius 2 is 2.27 bits per heavy atom. The molecule has 3 heteroatoms. The van der Waals surface area contributed by atoms with Crippen molar-refractivity contribution in [3.05, 3.63) is 33.7 Å². The molecule has 1 rings (SSSR count). The Hall–Kier alpha value is -1.25. The topological polar surface area (TPSA) is 48.0 Å². The third-order valence-electron chi connectivity index (χ3n) is 1.69. The van der Waals surface area contributed by atoms with E-state index in [1.165, 1.54) is 0 Å². The second kappa shape index (κ2) is 2.78. The molecule has 0 aromatic carbocycles. The maximum atomic E-state index is 11.1. The van der Waals surface area contributed by atoms with Crippen molar-refractivity contribution in [2.75, 3.05) is 5.84 Å². The summed E-state index contributed by atoms with van der Waals surface area (Å²) in [6, 6.07) is 1.87. The minimum absolute atomic E-state index is 0.123. The van der Waals surface area contributed by atoms with Crippen LogP contribution in [-0.4, -0.2) is 4.68 Å². The summed E-state index contributed by atoms with van der Waals surface area (Å²) < 4.78 is 1.13. The SMILES string of the molecule is CCc1cc(C)c(=O)n(N)c1. The van der Waals surface area contributed by atoms with E-state index in [-0.39, 0.29) is 5.56 Å². The molecule has 0 bridgehead atoms. The molecule has 1 heterocycles. The van der Waals surface area contributed by atoms with Crippen LogP contribution in [0.1, 0.15) is 18.1 Å². The van der Waals surface area contributed by atoms with Crippen LogP contribution in [0, 0.1) is 6.92 Å². The molecule has 0 aliphatic carbocycles. The summed E-state index contributed by atoms with van der Waals surface area (Å²) >= 11 is 0. The van der Waals surface area contributed by atoms with Crippen LogP contribution in [0.4, 0.5) is 0 Å². The van der Waals surface area contributed by atoms with Gasteiger partial charge in [-0.2, -0.15) is 0 Å². The van der Waals surface area contributed by atoms with Crippen molar-refractivity contribution >= 4 is 0 Å². The normalized spacial score (nSPS) is 10.0. The molecule has 11 heavy (non-hydrogen) atoms. The molecule has 0 atom stereocenters. The number of aromatic nitrogens is 1. The van der Waals surface area contributed by atoms with Gasteiger partial charge in [-0.25, -0.2) is 4.68 Å². The molecule has 0 fully saturated rings. The van der Waals surface area contributed by atoms with Crippen LogP contribution in [0.2, 0.25) is 0 Å². The summed E-state index contributed by atoms with van der Waals surface area (Å²) in [7, 11) is 0. The lowest BCUT2D eigenvalue weighted by atomic mass is 10.2. The van der Waals surface area contributed by atoms with Crippen molar-refractivity contribution < 1.29 is 0 Å². The summed E-state index contributed by atoms with van der Waals surface area (Å²) in [5.74, 6) is 5.40. The number of pyridine rings is 1. The monoisotopic (exact) mass is 152 g/mol. The molecule has 0 aliphatic rings. The maximum absolute atomic E-state index is 11.1. The van der Waals surface area contributed by atoms with Crippen LogP contribution in [0.5, 0.6) is 0 Å². The van der Waals surface area contributed by atoms with E-state index in [4.69, 9.17) is 5.84 Å². The highest BCUT2D eigenvalue weighted by Crippen LogP contribution is 1.98. The van der Waals surface area contributed by atoms with Gasteiger partial charge >= 0.3 is 0 Å². The molecular formula is C8H12N2O. The molecule has 60 valence electrons. The number of nitrogens with zero attached hydrogens (tertiary/aromatic N) is 1. The Morgan fingerprint density at radius 3 is 2.73 bits per heavy atom. The highest BCUT2D eigenvalue weighted by Gasteiger charge is 1.97. The number of aryl methyl sites for hydroxylation is 2. The van der Waals surface area contributed by atoms with Crippen LogP contribution in [-0.2, 0) is 6.42 Å². The smallest absolute Gasteiger partial charge is 0.271 e. The van der Waals surface area contributed by atoms with Crippen LogP contribution in [0.15, 0.2) is 17.1 Å². The fraction of sp³-hybridized carbons (Fsp3) is 0.375. The van der Waals surface area contributed by atoms with E-state index in [2.05, 4.69) is 0 Å². The van der Waals surface area contributed by atoms with Gasteiger partial charge in [0.25, 0.3) is 5.56 Å². The van der Waals surface area contributed by atoms with E-state index in [1.54, 1.807) is 13.1 Å². The second-order valence-corrected chi connectivity index (χ2v) is 2.60. The van der Waals surface area contributed by atoms with Crippen molar-refractivity contribution in [3.8, 4) is 0 Å². The van der Waals surface area contributed by atoms with Gasteiger partial charge in [0.05, 0.1) is 0 Å². The molecular weight excluding hydrogens is 140 g/mol. The third kappa shape index (κ3) is 1.42. The Balaban J connectivity index is 3.32. The second-order valence-electron chi connectivity index (χ2n) is 2.60. The first-order chi connectivity index (χ1) is 5.15. The van der Waals surface area contributed by atoms with E-state index in [9.17, 15) is 4.79 Å². The van der Waals surface area contributed by atoms with Gasteiger partial charge < -0.3 is 5.84 Å². The minimum Gasteiger partial charge on any atom is -0.336 e. The van der Waals surface area contributed by atoms with Crippen molar-refractivity contribution in [1.29, 1.82) is 0 Å². The van der Waals surface area contributed by atoms with Gasteiger partial charge in [-0.1, -0.05) is 6.92 Å². The van der Waals surface area contributed by atoms with E-state index < -0.39 is 0 Å². The lowest BCUT2D eigenvalue weighted by Gasteiger charge is -2.02. The predicted octanol–water partition coefficient (Wildman–Crippen LogP) is 0.433. The number of rotatable bonds is 1. The summed E-state index contributed by atoms with van der Waals surface area (Å²) in [4.78, 5) is 11.1. The minimum atomic E-state index is -0.123. The molecule has 0 saturated heterocycles. The highest BCUT2D eigenvalue weighted by atomic mass is 16.1. The zero-order valence-corrected chi connectivity index (χ0v) is 6.79. The van der Waals surface area contributed by atoms with E-state index >= 15 is 0 Å². The van der Waals surface area contributed by atoms with Crippen LogP contribution in [0.3, 0.4) is 0 Å². The molecule has 0 spiro atoms. The van der Waals surface area contributed by atoms with E-state index in [0.29, 0.717) is 5.56 Å². The third-order valence-corrected chi connectivity index (χ3v) is 1.69. The van der Waals surface area contributed by atoms with Crippen LogP contribution < -0.4 is 11.4 Å². The number of nitrogen functional groups attached to an aromatic ring is 1.